The molecule has 27 heavy (non-hydrogen) atoms. The molecule has 0 radical (unpaired) electrons. The van der Waals surface area contributed by atoms with Crippen molar-refractivity contribution in [3.8, 4) is 0 Å². The molecule has 0 bridgehead atoms. The molecular weight excluding hydrogens is 413 g/mol. The van der Waals surface area contributed by atoms with Gasteiger partial charge in [0.15, 0.2) is 5.13 Å². The van der Waals surface area contributed by atoms with Crippen LogP contribution in [0.25, 0.3) is 0 Å². The van der Waals surface area contributed by atoms with Crippen molar-refractivity contribution in [2.75, 3.05) is 36.2 Å². The third kappa shape index (κ3) is 5.29. The van der Waals surface area contributed by atoms with Gasteiger partial charge in [-0.3, -0.25) is 4.72 Å². The van der Waals surface area contributed by atoms with Gasteiger partial charge in [0.05, 0.1) is 10.7 Å². The first-order chi connectivity index (χ1) is 12.8. The summed E-state index contributed by atoms with van der Waals surface area (Å²) < 4.78 is 41.3. The molecule has 1 aromatic carbocycles. The molecular formula is C16H21ClFN5O2S2. The Bertz CT molecular complexity index is 873. The maximum atomic E-state index is 14.4. The fourth-order valence-corrected chi connectivity index (χ4v) is 4.96. The predicted molar refractivity (Wildman–Crippen MR) is 106 cm³/mol. The fourth-order valence-electron chi connectivity index (χ4n) is 2.79. The summed E-state index contributed by atoms with van der Waals surface area (Å²) in [4.78, 5) is 5.60. The molecule has 1 aromatic heterocycles. The van der Waals surface area contributed by atoms with E-state index in [-0.39, 0.29) is 10.2 Å². The number of hydrogen-bond acceptors (Lipinski definition) is 7. The maximum Gasteiger partial charge on any atom is 0.266 e. The minimum atomic E-state index is -4.10. The number of nitrogens with one attached hydrogen (secondary N) is 2. The van der Waals surface area contributed by atoms with Gasteiger partial charge in [-0.2, -0.15) is 0 Å². The van der Waals surface area contributed by atoms with Gasteiger partial charge in [0.1, 0.15) is 10.7 Å². The maximum absolute atomic E-state index is 14.4. The number of sulfonamides is 1. The zero-order valence-electron chi connectivity index (χ0n) is 14.5. The predicted octanol–water partition coefficient (Wildman–Crippen LogP) is 2.57. The smallest absolute Gasteiger partial charge is 0.266 e. The lowest BCUT2D eigenvalue weighted by atomic mass is 10.1. The molecule has 11 heteroatoms. The minimum Gasteiger partial charge on any atom is -0.384 e. The molecule has 0 unspecified atom stereocenters. The van der Waals surface area contributed by atoms with Crippen LogP contribution in [0.5, 0.6) is 0 Å². The second kappa shape index (κ2) is 8.70. The van der Waals surface area contributed by atoms with Crippen LogP contribution in [0.4, 0.5) is 15.2 Å². The molecule has 4 N–H and O–H groups in total. The topological polar surface area (TPSA) is 100 Å². The van der Waals surface area contributed by atoms with E-state index in [1.165, 1.54) is 6.20 Å². The summed E-state index contributed by atoms with van der Waals surface area (Å²) in [5, 5.41) is 4.98. The number of halogens is 2. The molecule has 0 saturated carbocycles. The summed E-state index contributed by atoms with van der Waals surface area (Å²) in [6.07, 6.45) is 3.33. The Labute approximate surface area is 166 Å². The van der Waals surface area contributed by atoms with Crippen LogP contribution < -0.4 is 15.8 Å². The van der Waals surface area contributed by atoms with Crippen molar-refractivity contribution in [3.63, 3.8) is 0 Å². The van der Waals surface area contributed by atoms with Gasteiger partial charge in [-0.25, -0.2) is 17.8 Å². The van der Waals surface area contributed by atoms with Gasteiger partial charge in [-0.1, -0.05) is 11.6 Å². The van der Waals surface area contributed by atoms with Crippen LogP contribution in [-0.4, -0.2) is 50.5 Å². The van der Waals surface area contributed by atoms with Crippen molar-refractivity contribution in [1.82, 2.24) is 9.88 Å². The fraction of sp³-hybridized carbons (Fsp3) is 0.438. The largest absolute Gasteiger partial charge is 0.384 e. The third-order valence-electron chi connectivity index (χ3n) is 4.17. The third-order valence-corrected chi connectivity index (χ3v) is 6.65. The molecule has 7 nitrogen and oxygen atoms in total. The highest BCUT2D eigenvalue weighted by Crippen LogP contribution is 2.29. The number of likely N-dealkylation sites (tertiary alicyclic amines) is 1. The normalized spacial score (nSPS) is 15.5. The second-order valence-electron chi connectivity index (χ2n) is 6.36. The summed E-state index contributed by atoms with van der Waals surface area (Å²) in [6.45, 7) is 3.48. The van der Waals surface area contributed by atoms with E-state index < -0.39 is 20.7 Å². The van der Waals surface area contributed by atoms with Crippen molar-refractivity contribution < 1.29 is 12.8 Å². The molecule has 148 valence electrons. The van der Waals surface area contributed by atoms with E-state index in [0.29, 0.717) is 18.3 Å². The molecule has 0 atom stereocenters. The van der Waals surface area contributed by atoms with Gasteiger partial charge in [-0.15, -0.1) is 11.3 Å². The number of nitrogens with zero attached hydrogens (tertiary/aromatic N) is 2. The van der Waals surface area contributed by atoms with Crippen LogP contribution in [0.1, 0.15) is 12.8 Å². The SMILES string of the molecule is NC1CN(CCCCNc2cc(F)c(S(=O)(=O)Nc3nccs3)cc2Cl)C1. The zero-order chi connectivity index (χ0) is 19.4. The van der Waals surface area contributed by atoms with Crippen LogP contribution in [0, 0.1) is 5.82 Å². The zero-order valence-corrected chi connectivity index (χ0v) is 16.9. The van der Waals surface area contributed by atoms with E-state index in [0.717, 1.165) is 55.9 Å². The lowest BCUT2D eigenvalue weighted by molar-refractivity contribution is 0.149. The van der Waals surface area contributed by atoms with Crippen molar-refractivity contribution in [3.05, 3.63) is 34.5 Å². The number of hydrogen-bond donors (Lipinski definition) is 3. The Balaban J connectivity index is 1.56. The van der Waals surface area contributed by atoms with Crippen LogP contribution in [0.3, 0.4) is 0 Å². The van der Waals surface area contributed by atoms with Gasteiger partial charge in [0, 0.05) is 37.3 Å². The van der Waals surface area contributed by atoms with Crippen molar-refractivity contribution in [2.24, 2.45) is 5.73 Å². The summed E-state index contributed by atoms with van der Waals surface area (Å²) in [5.74, 6) is -0.875. The average molecular weight is 434 g/mol. The van der Waals surface area contributed by atoms with Crippen molar-refractivity contribution >= 4 is 43.8 Å². The Hall–Kier alpha value is -1.46. The number of rotatable bonds is 9. The highest BCUT2D eigenvalue weighted by molar-refractivity contribution is 7.93. The highest BCUT2D eigenvalue weighted by atomic mass is 35.5. The monoisotopic (exact) mass is 433 g/mol. The summed E-state index contributed by atoms with van der Waals surface area (Å²) in [6, 6.07) is 2.51. The number of nitrogens with two attached hydrogens (primary N) is 1. The van der Waals surface area contributed by atoms with Crippen LogP contribution in [-0.2, 0) is 10.0 Å². The first-order valence-electron chi connectivity index (χ1n) is 8.48. The van der Waals surface area contributed by atoms with E-state index in [1.54, 1.807) is 5.38 Å². The molecule has 1 saturated heterocycles. The van der Waals surface area contributed by atoms with Gasteiger partial charge in [0.2, 0.25) is 0 Å². The number of unbranched alkanes of at least 4 members (excludes halogenated alkanes) is 1. The van der Waals surface area contributed by atoms with Gasteiger partial charge >= 0.3 is 0 Å². The Morgan fingerprint density at radius 1 is 1.37 bits per heavy atom. The van der Waals surface area contributed by atoms with Crippen molar-refractivity contribution in [1.29, 1.82) is 0 Å². The van der Waals surface area contributed by atoms with Gasteiger partial charge in [0.25, 0.3) is 10.0 Å². The second-order valence-corrected chi connectivity index (χ2v) is 9.31. The van der Waals surface area contributed by atoms with Crippen LogP contribution >= 0.6 is 22.9 Å². The van der Waals surface area contributed by atoms with E-state index in [1.807, 2.05) is 0 Å². The molecule has 0 spiro atoms. The summed E-state index contributed by atoms with van der Waals surface area (Å²) in [7, 11) is -4.10. The number of anilines is 2. The molecule has 1 aliphatic rings. The van der Waals surface area contributed by atoms with Gasteiger partial charge < -0.3 is 16.0 Å². The number of benzene rings is 1. The molecule has 1 fully saturated rings. The first kappa shape index (κ1) is 20.3. The number of aromatic nitrogens is 1. The summed E-state index contributed by atoms with van der Waals surface area (Å²) >= 11 is 7.25. The highest BCUT2D eigenvalue weighted by Gasteiger charge is 2.23. The number of thiazole rings is 1. The van der Waals surface area contributed by atoms with Crippen molar-refractivity contribution in [2.45, 2.75) is 23.8 Å². The minimum absolute atomic E-state index is 0.143. The lowest BCUT2D eigenvalue weighted by Crippen LogP contribution is -2.55. The van der Waals surface area contributed by atoms with Crippen LogP contribution in [0.15, 0.2) is 28.6 Å². The van der Waals surface area contributed by atoms with E-state index in [2.05, 4.69) is 19.9 Å². The van der Waals surface area contributed by atoms with Crippen LogP contribution in [0.2, 0.25) is 5.02 Å². The molecule has 0 amide bonds. The Morgan fingerprint density at radius 2 is 2.15 bits per heavy atom. The van der Waals surface area contributed by atoms with Gasteiger partial charge in [-0.05, 0) is 31.5 Å². The molecule has 3 rings (SSSR count). The lowest BCUT2D eigenvalue weighted by Gasteiger charge is -2.36. The quantitative estimate of drug-likeness (QED) is 0.525. The standard InChI is InChI=1S/C16H21ClFN5O2S2/c17-12-7-15(27(24,25)22-16-21-4-6-26-16)13(18)8-14(12)20-3-1-2-5-23-9-11(19)10-23/h4,6-8,11,20H,1-3,5,9-10,19H2,(H,21,22). The summed E-state index contributed by atoms with van der Waals surface area (Å²) in [5.41, 5.74) is 6.10. The average Bonchev–Trinajstić information content (AvgIpc) is 3.07. The van der Waals surface area contributed by atoms with E-state index in [4.69, 9.17) is 17.3 Å². The first-order valence-corrected chi connectivity index (χ1v) is 11.2. The van der Waals surface area contributed by atoms with E-state index >= 15 is 0 Å². The Kier molecular flexibility index (Phi) is 6.53. The molecule has 2 aromatic rings. The molecule has 2 heterocycles. The Morgan fingerprint density at radius 3 is 2.81 bits per heavy atom. The molecule has 1 aliphatic heterocycles. The van der Waals surface area contributed by atoms with E-state index in [9.17, 15) is 12.8 Å². The molecule has 0 aliphatic carbocycles.